The van der Waals surface area contributed by atoms with Crippen molar-refractivity contribution in [2.75, 3.05) is 26.4 Å². The van der Waals surface area contributed by atoms with E-state index in [9.17, 15) is 19.8 Å². The van der Waals surface area contributed by atoms with Crippen LogP contribution in [0.15, 0.2) is 12.7 Å². The molecule has 0 aliphatic heterocycles. The smallest absolute Gasteiger partial charge is 0.550 e. The first-order valence-electron chi connectivity index (χ1n) is 8.28. The fraction of sp³-hybridized carbons (Fsp3) is 0.765. The molecule has 0 aromatic heterocycles. The summed E-state index contributed by atoms with van der Waals surface area (Å²) in [5.41, 5.74) is 0. The second-order valence-corrected chi connectivity index (χ2v) is 6.52. The van der Waals surface area contributed by atoms with E-state index in [1.807, 2.05) is 6.08 Å². The number of aliphatic hydroxyl groups is 1. The number of quaternary nitrogens is 1. The van der Waals surface area contributed by atoms with E-state index < -0.39 is 23.8 Å². The second kappa shape index (κ2) is 13.5. The summed E-state index contributed by atoms with van der Waals surface area (Å²) in [6.45, 7) is 7.50. The van der Waals surface area contributed by atoms with Crippen molar-refractivity contribution < 1.29 is 48.3 Å². The summed E-state index contributed by atoms with van der Waals surface area (Å²) < 4.78 is 0.0874. The third-order valence-corrected chi connectivity index (χ3v) is 4.24. The van der Waals surface area contributed by atoms with Crippen LogP contribution in [0.2, 0.25) is 0 Å². The number of carboxylic acids is 2. The molecule has 0 amide bonds. The third kappa shape index (κ3) is 10.1. The SMILES string of the molecule is C=CCCCCCC[N+](CO)(CC(C)C(=O)[O-])CC(C)C(=O)O.[Li+]. The Morgan fingerprint density at radius 2 is 1.67 bits per heavy atom. The van der Waals surface area contributed by atoms with Gasteiger partial charge in [0.15, 0.2) is 6.73 Å². The van der Waals surface area contributed by atoms with Gasteiger partial charge in [0.1, 0.15) is 5.92 Å². The van der Waals surface area contributed by atoms with Crippen LogP contribution in [-0.4, -0.2) is 53.0 Å². The van der Waals surface area contributed by atoms with Crippen molar-refractivity contribution >= 4 is 11.9 Å². The van der Waals surface area contributed by atoms with Gasteiger partial charge in [0.25, 0.3) is 0 Å². The first-order valence-corrected chi connectivity index (χ1v) is 8.28. The molecule has 134 valence electrons. The summed E-state index contributed by atoms with van der Waals surface area (Å²) in [6, 6.07) is 0. The van der Waals surface area contributed by atoms with Gasteiger partial charge in [-0.3, -0.25) is 9.28 Å². The van der Waals surface area contributed by atoms with Crippen LogP contribution in [0.1, 0.15) is 46.0 Å². The van der Waals surface area contributed by atoms with Crippen molar-refractivity contribution in [1.29, 1.82) is 0 Å². The average Bonchev–Trinajstić information content (AvgIpc) is 2.50. The van der Waals surface area contributed by atoms with Crippen molar-refractivity contribution in [3.8, 4) is 0 Å². The van der Waals surface area contributed by atoms with Crippen LogP contribution >= 0.6 is 0 Å². The van der Waals surface area contributed by atoms with E-state index in [-0.39, 0.29) is 43.2 Å². The Labute approximate surface area is 157 Å². The third-order valence-electron chi connectivity index (χ3n) is 4.24. The van der Waals surface area contributed by atoms with E-state index in [4.69, 9.17) is 5.11 Å². The molecule has 0 spiro atoms. The normalized spacial score (nSPS) is 15.6. The quantitative estimate of drug-likeness (QED) is 0.126. The second-order valence-electron chi connectivity index (χ2n) is 6.52. The molecular formula is C17H31LiNO5+. The Morgan fingerprint density at radius 1 is 1.12 bits per heavy atom. The van der Waals surface area contributed by atoms with Crippen molar-refractivity contribution in [3.63, 3.8) is 0 Å². The molecule has 3 atom stereocenters. The van der Waals surface area contributed by atoms with Crippen LogP contribution in [0.3, 0.4) is 0 Å². The van der Waals surface area contributed by atoms with Crippen LogP contribution in [0.5, 0.6) is 0 Å². The number of unbranched alkanes of at least 4 members (excludes halogenated alkanes) is 4. The molecule has 7 heteroatoms. The van der Waals surface area contributed by atoms with E-state index in [1.54, 1.807) is 6.92 Å². The summed E-state index contributed by atoms with van der Waals surface area (Å²) >= 11 is 0. The summed E-state index contributed by atoms with van der Waals surface area (Å²) in [5, 5.41) is 30.0. The van der Waals surface area contributed by atoms with Crippen LogP contribution in [0.4, 0.5) is 0 Å². The molecule has 0 heterocycles. The molecule has 0 aromatic rings. The number of allylic oxidation sites excluding steroid dienone is 1. The number of aliphatic carboxylic acids is 2. The molecule has 24 heavy (non-hydrogen) atoms. The van der Waals surface area contributed by atoms with E-state index in [2.05, 4.69) is 6.58 Å². The zero-order chi connectivity index (χ0) is 17.9. The van der Waals surface area contributed by atoms with Gasteiger partial charge in [0, 0.05) is 11.9 Å². The monoisotopic (exact) mass is 336 g/mol. The summed E-state index contributed by atoms with van der Waals surface area (Å²) in [4.78, 5) is 22.2. The number of nitrogens with zero attached hydrogens (tertiary/aromatic N) is 1. The molecule has 0 aliphatic carbocycles. The Bertz CT molecular complexity index is 367. The van der Waals surface area contributed by atoms with Crippen LogP contribution in [0, 0.1) is 11.8 Å². The van der Waals surface area contributed by atoms with E-state index >= 15 is 0 Å². The van der Waals surface area contributed by atoms with E-state index in [0.717, 1.165) is 32.1 Å². The van der Waals surface area contributed by atoms with Crippen LogP contribution in [-0.2, 0) is 9.59 Å². The first-order chi connectivity index (χ1) is 10.8. The maximum absolute atomic E-state index is 11.1. The zero-order valence-corrected chi connectivity index (χ0v) is 15.4. The largest absolute Gasteiger partial charge is 1.00 e. The topological polar surface area (TPSA) is 97.7 Å². The van der Waals surface area contributed by atoms with E-state index in [0.29, 0.717) is 6.54 Å². The summed E-state index contributed by atoms with van der Waals surface area (Å²) in [6.07, 6.45) is 6.74. The Balaban J connectivity index is 0. The molecule has 0 aliphatic rings. The number of aliphatic hydroxyl groups excluding tert-OH is 1. The predicted molar refractivity (Wildman–Crippen MR) is 86.2 cm³/mol. The van der Waals surface area contributed by atoms with Gasteiger partial charge in [-0.05, 0) is 32.6 Å². The summed E-state index contributed by atoms with van der Waals surface area (Å²) in [7, 11) is 0. The van der Waals surface area contributed by atoms with Gasteiger partial charge in [-0.1, -0.05) is 19.4 Å². The summed E-state index contributed by atoms with van der Waals surface area (Å²) in [5.74, 6) is -3.48. The number of carbonyl (C=O) groups is 2. The number of hydrogen-bond acceptors (Lipinski definition) is 4. The number of carboxylic acid groups (broad SMARTS) is 2. The minimum Gasteiger partial charge on any atom is -0.550 e. The molecule has 0 radical (unpaired) electrons. The van der Waals surface area contributed by atoms with Crippen LogP contribution in [0.25, 0.3) is 0 Å². The minimum absolute atomic E-state index is 0. The number of hydrogen-bond donors (Lipinski definition) is 2. The molecule has 2 N–H and O–H groups in total. The fourth-order valence-electron chi connectivity index (χ4n) is 2.85. The van der Waals surface area contributed by atoms with Gasteiger partial charge in [-0.25, -0.2) is 0 Å². The van der Waals surface area contributed by atoms with Crippen molar-refractivity contribution in [2.45, 2.75) is 46.0 Å². The van der Waals surface area contributed by atoms with Gasteiger partial charge in [0.05, 0.1) is 19.6 Å². The zero-order valence-electron chi connectivity index (χ0n) is 15.4. The van der Waals surface area contributed by atoms with Gasteiger partial charge in [-0.15, -0.1) is 6.58 Å². The maximum Gasteiger partial charge on any atom is 1.00 e. The van der Waals surface area contributed by atoms with Crippen molar-refractivity contribution in [3.05, 3.63) is 12.7 Å². The maximum atomic E-state index is 11.1. The molecule has 0 saturated carbocycles. The molecule has 0 rings (SSSR count). The molecule has 0 fully saturated rings. The van der Waals surface area contributed by atoms with Gasteiger partial charge < -0.3 is 20.1 Å². The standard InChI is InChI=1S/C17H31NO5.Li/c1-4-5-6-7-8-9-10-18(13-19,11-14(2)16(20)21)12-15(3)17(22)23;/h4,14-15,19H,1,5-13H2,2-3H3,(H-,20,21,22,23);/q;+1. The molecule has 0 bridgehead atoms. The molecule has 0 saturated heterocycles. The minimum atomic E-state index is -1.17. The first kappa shape index (κ1) is 25.4. The average molecular weight is 336 g/mol. The molecule has 6 nitrogen and oxygen atoms in total. The van der Waals surface area contributed by atoms with Crippen molar-refractivity contribution in [1.82, 2.24) is 0 Å². The molecule has 0 aromatic carbocycles. The van der Waals surface area contributed by atoms with Crippen molar-refractivity contribution in [2.24, 2.45) is 11.8 Å². The molecule has 3 unspecified atom stereocenters. The fourth-order valence-corrected chi connectivity index (χ4v) is 2.85. The van der Waals surface area contributed by atoms with Gasteiger partial charge in [0.2, 0.25) is 0 Å². The predicted octanol–water partition coefficient (Wildman–Crippen LogP) is -2.00. The van der Waals surface area contributed by atoms with Crippen LogP contribution < -0.4 is 24.0 Å². The van der Waals surface area contributed by atoms with Gasteiger partial charge in [-0.2, -0.15) is 0 Å². The number of rotatable bonds is 14. The Kier molecular flexibility index (Phi) is 14.3. The Morgan fingerprint density at radius 3 is 2.12 bits per heavy atom. The Hall–Kier alpha value is -0.803. The van der Waals surface area contributed by atoms with E-state index in [1.165, 1.54) is 6.92 Å². The number of carbonyl (C=O) groups excluding carboxylic acids is 1. The molecular weight excluding hydrogens is 305 g/mol. The van der Waals surface area contributed by atoms with Gasteiger partial charge >= 0.3 is 24.8 Å².